The largest absolute Gasteiger partial charge is 0.497 e. The highest BCUT2D eigenvalue weighted by molar-refractivity contribution is 6.32. The van der Waals surface area contributed by atoms with Crippen molar-refractivity contribution in [1.82, 2.24) is 9.38 Å². The fraction of sp³-hybridized carbons (Fsp3) is 0.185. The molecule has 0 unspecified atom stereocenters. The van der Waals surface area contributed by atoms with Crippen LogP contribution in [0.3, 0.4) is 0 Å². The van der Waals surface area contributed by atoms with Crippen molar-refractivity contribution in [1.29, 1.82) is 0 Å². The summed E-state index contributed by atoms with van der Waals surface area (Å²) >= 11 is 0. The van der Waals surface area contributed by atoms with E-state index in [4.69, 9.17) is 14.2 Å². The van der Waals surface area contributed by atoms with Gasteiger partial charge in [-0.2, -0.15) is 4.39 Å². The summed E-state index contributed by atoms with van der Waals surface area (Å²) in [5, 5.41) is 0. The second kappa shape index (κ2) is 8.33. The molecule has 1 aliphatic rings. The number of methoxy groups -OCH3 is 1. The summed E-state index contributed by atoms with van der Waals surface area (Å²) < 4.78 is 33.0. The van der Waals surface area contributed by atoms with Gasteiger partial charge in [-0.15, -0.1) is 0 Å². The Morgan fingerprint density at radius 3 is 2.32 bits per heavy atom. The smallest absolute Gasteiger partial charge is 0.224 e. The number of aromatic nitrogens is 2. The Morgan fingerprint density at radius 1 is 0.971 bits per heavy atom. The molecule has 2 aromatic heterocycles. The molecule has 0 radical (unpaired) electrons. The summed E-state index contributed by atoms with van der Waals surface area (Å²) in [6, 6.07) is 19.8. The summed E-state index contributed by atoms with van der Waals surface area (Å²) in [7, 11) is 1.60. The molecule has 34 heavy (non-hydrogen) atoms. The van der Waals surface area contributed by atoms with Gasteiger partial charge in [-0.3, -0.25) is 9.20 Å². The van der Waals surface area contributed by atoms with Crippen LogP contribution in [0.2, 0.25) is 0 Å². The van der Waals surface area contributed by atoms with E-state index in [0.29, 0.717) is 28.3 Å². The zero-order valence-corrected chi connectivity index (χ0v) is 19.0. The minimum atomic E-state index is -0.972. The summed E-state index contributed by atoms with van der Waals surface area (Å²) in [4.78, 5) is 17.4. The number of fused-ring (bicyclic) bond motifs is 1. The first-order chi connectivity index (χ1) is 16.4. The van der Waals surface area contributed by atoms with E-state index >= 15 is 0 Å². The number of pyridine rings is 1. The highest BCUT2D eigenvalue weighted by atomic mass is 19.1. The van der Waals surface area contributed by atoms with Gasteiger partial charge in [0, 0.05) is 11.8 Å². The van der Waals surface area contributed by atoms with Gasteiger partial charge in [0.05, 0.1) is 12.7 Å². The first kappa shape index (κ1) is 21.7. The lowest BCUT2D eigenvalue weighted by Gasteiger charge is -2.17. The van der Waals surface area contributed by atoms with Crippen LogP contribution in [0.1, 0.15) is 30.7 Å². The minimum Gasteiger partial charge on any atom is -0.497 e. The number of carbonyl (C=O) groups is 1. The summed E-state index contributed by atoms with van der Waals surface area (Å²) in [5.41, 5.74) is 1.79. The van der Waals surface area contributed by atoms with Crippen molar-refractivity contribution in [2.24, 2.45) is 0 Å². The second-order valence-corrected chi connectivity index (χ2v) is 8.47. The number of rotatable bonds is 6. The summed E-state index contributed by atoms with van der Waals surface area (Å²) in [5.74, 6) is 1.24. The van der Waals surface area contributed by atoms with Crippen LogP contribution in [-0.4, -0.2) is 27.9 Å². The fourth-order valence-electron chi connectivity index (χ4n) is 3.94. The Balaban J connectivity index is 1.41. The molecule has 0 saturated carbocycles. The number of hydrogen-bond donors (Lipinski definition) is 0. The number of ketones is 1. The van der Waals surface area contributed by atoms with Crippen molar-refractivity contribution in [3.63, 3.8) is 0 Å². The van der Waals surface area contributed by atoms with E-state index in [1.807, 2.05) is 24.3 Å². The third kappa shape index (κ3) is 3.79. The van der Waals surface area contributed by atoms with Crippen molar-refractivity contribution in [2.75, 3.05) is 7.11 Å². The van der Waals surface area contributed by atoms with Crippen molar-refractivity contribution >= 4 is 22.8 Å². The molecule has 4 aromatic rings. The predicted molar refractivity (Wildman–Crippen MR) is 126 cm³/mol. The Bertz CT molecular complexity index is 1400. The van der Waals surface area contributed by atoms with Crippen LogP contribution in [0.5, 0.6) is 11.5 Å². The van der Waals surface area contributed by atoms with Crippen LogP contribution in [0.4, 0.5) is 4.39 Å². The minimum absolute atomic E-state index is 0.0122. The van der Waals surface area contributed by atoms with Gasteiger partial charge in [0.15, 0.2) is 5.60 Å². The van der Waals surface area contributed by atoms with Crippen LogP contribution in [0, 0.1) is 5.95 Å². The Hall–Kier alpha value is -4.13. The van der Waals surface area contributed by atoms with Gasteiger partial charge in [0.2, 0.25) is 11.7 Å². The Morgan fingerprint density at radius 2 is 1.65 bits per heavy atom. The predicted octanol–water partition coefficient (Wildman–Crippen LogP) is 5.31. The number of ether oxygens (including phenoxy) is 3. The number of Topliss-reactive ketones (excluding diaryl/α,β-unsaturated/α-hetero) is 1. The van der Waals surface area contributed by atoms with Crippen LogP contribution >= 0.6 is 0 Å². The Labute approximate surface area is 196 Å². The SMILES string of the molecule is COc1ccc(C2=C(c3ccc(OCc4nc5ccccn5c4F)cc3)C(=O)C(C)(C)O2)cc1. The van der Waals surface area contributed by atoms with Crippen LogP contribution < -0.4 is 9.47 Å². The first-order valence-electron chi connectivity index (χ1n) is 10.8. The molecule has 0 N–H and O–H groups in total. The molecule has 0 aliphatic carbocycles. The highest BCUT2D eigenvalue weighted by Gasteiger charge is 2.42. The van der Waals surface area contributed by atoms with Crippen molar-refractivity contribution < 1.29 is 23.4 Å². The number of halogens is 1. The lowest BCUT2D eigenvalue weighted by atomic mass is 9.92. The number of nitrogens with zero attached hydrogens (tertiary/aromatic N) is 2. The molecule has 0 spiro atoms. The standard InChI is InChI=1S/C27H23FN2O4/c1-27(2)25(31)23(24(34-27)18-9-11-19(32-3)12-10-18)17-7-13-20(14-8-17)33-16-21-26(28)30-15-5-4-6-22(30)29-21/h4-15H,16H2,1-3H3. The second-order valence-electron chi connectivity index (χ2n) is 8.47. The quantitative estimate of drug-likeness (QED) is 0.392. The molecule has 0 amide bonds. The Kier molecular flexibility index (Phi) is 5.32. The molecule has 0 atom stereocenters. The van der Waals surface area contributed by atoms with Gasteiger partial charge in [-0.1, -0.05) is 18.2 Å². The number of hydrogen-bond acceptors (Lipinski definition) is 5. The van der Waals surface area contributed by atoms with Gasteiger partial charge < -0.3 is 14.2 Å². The molecule has 7 heteroatoms. The molecule has 0 saturated heterocycles. The summed E-state index contributed by atoms with van der Waals surface area (Å²) in [6.07, 6.45) is 1.62. The molecule has 2 aromatic carbocycles. The van der Waals surface area contributed by atoms with E-state index in [2.05, 4.69) is 4.98 Å². The van der Waals surface area contributed by atoms with Crippen LogP contribution in [0.15, 0.2) is 72.9 Å². The average Bonchev–Trinajstić information content (AvgIpc) is 3.30. The number of carbonyl (C=O) groups excluding carboxylic acids is 1. The van der Waals surface area contributed by atoms with Gasteiger partial charge in [-0.05, 0) is 67.9 Å². The summed E-state index contributed by atoms with van der Waals surface area (Å²) in [6.45, 7) is 3.50. The van der Waals surface area contributed by atoms with Crippen molar-refractivity contribution in [3.05, 3.63) is 95.7 Å². The lowest BCUT2D eigenvalue weighted by Crippen LogP contribution is -2.29. The van der Waals surface area contributed by atoms with Gasteiger partial charge >= 0.3 is 0 Å². The molecular weight excluding hydrogens is 435 g/mol. The molecule has 0 bridgehead atoms. The maximum Gasteiger partial charge on any atom is 0.224 e. The topological polar surface area (TPSA) is 62.1 Å². The van der Waals surface area contributed by atoms with E-state index in [1.54, 1.807) is 69.6 Å². The molecule has 1 aliphatic heterocycles. The van der Waals surface area contributed by atoms with E-state index < -0.39 is 11.5 Å². The van der Waals surface area contributed by atoms with Crippen molar-refractivity contribution in [3.8, 4) is 11.5 Å². The van der Waals surface area contributed by atoms with Crippen molar-refractivity contribution in [2.45, 2.75) is 26.1 Å². The van der Waals surface area contributed by atoms with E-state index in [-0.39, 0.29) is 18.1 Å². The fourth-order valence-corrected chi connectivity index (χ4v) is 3.94. The highest BCUT2D eigenvalue weighted by Crippen LogP contribution is 2.41. The molecule has 5 rings (SSSR count). The first-order valence-corrected chi connectivity index (χ1v) is 10.8. The van der Waals surface area contributed by atoms with Gasteiger partial charge in [0.1, 0.15) is 35.2 Å². The molecule has 6 nitrogen and oxygen atoms in total. The maximum absolute atomic E-state index is 14.5. The lowest BCUT2D eigenvalue weighted by molar-refractivity contribution is -0.125. The maximum atomic E-state index is 14.5. The molecular formula is C27H23FN2O4. The van der Waals surface area contributed by atoms with E-state index in [0.717, 1.165) is 11.3 Å². The van der Waals surface area contributed by atoms with Gasteiger partial charge in [0.25, 0.3) is 0 Å². The zero-order valence-electron chi connectivity index (χ0n) is 19.0. The number of benzene rings is 2. The van der Waals surface area contributed by atoms with Gasteiger partial charge in [-0.25, -0.2) is 4.98 Å². The third-order valence-corrected chi connectivity index (χ3v) is 5.77. The third-order valence-electron chi connectivity index (χ3n) is 5.77. The molecule has 0 fully saturated rings. The van der Waals surface area contributed by atoms with Crippen LogP contribution in [0.25, 0.3) is 17.0 Å². The van der Waals surface area contributed by atoms with Crippen LogP contribution in [-0.2, 0) is 16.1 Å². The zero-order chi connectivity index (χ0) is 23.9. The monoisotopic (exact) mass is 458 g/mol. The molecule has 172 valence electrons. The van der Waals surface area contributed by atoms with E-state index in [9.17, 15) is 9.18 Å². The molecule has 3 heterocycles. The average molecular weight is 458 g/mol. The normalized spacial score (nSPS) is 15.0. The van der Waals surface area contributed by atoms with E-state index in [1.165, 1.54) is 4.40 Å². The number of imidazole rings is 1.